The van der Waals surface area contributed by atoms with Gasteiger partial charge in [-0.3, -0.25) is 19.2 Å². The maximum Gasteiger partial charge on any atom is 0.257 e. The summed E-state index contributed by atoms with van der Waals surface area (Å²) in [5.41, 5.74) is 1.67. The SMILES string of the molecule is Cn1cc(C(=O)N2CCCN(Cc3ccn(C)c(=O)c3)CC2)cn1. The van der Waals surface area contributed by atoms with Gasteiger partial charge in [0.25, 0.3) is 11.5 Å². The highest BCUT2D eigenvalue weighted by Gasteiger charge is 2.21. The zero-order chi connectivity index (χ0) is 17.1. The summed E-state index contributed by atoms with van der Waals surface area (Å²) >= 11 is 0. The van der Waals surface area contributed by atoms with Crippen LogP contribution in [0.25, 0.3) is 0 Å². The van der Waals surface area contributed by atoms with Crippen LogP contribution in [0.5, 0.6) is 0 Å². The van der Waals surface area contributed by atoms with Gasteiger partial charge in [-0.2, -0.15) is 5.10 Å². The van der Waals surface area contributed by atoms with E-state index in [1.807, 2.05) is 18.0 Å². The molecule has 1 amide bonds. The van der Waals surface area contributed by atoms with Crippen molar-refractivity contribution in [1.29, 1.82) is 0 Å². The minimum Gasteiger partial charge on any atom is -0.337 e. The molecule has 3 heterocycles. The highest BCUT2D eigenvalue weighted by molar-refractivity contribution is 5.93. The van der Waals surface area contributed by atoms with Crippen molar-refractivity contribution in [3.8, 4) is 0 Å². The van der Waals surface area contributed by atoms with Gasteiger partial charge in [0.15, 0.2) is 0 Å². The lowest BCUT2D eigenvalue weighted by Gasteiger charge is -2.21. The van der Waals surface area contributed by atoms with Gasteiger partial charge in [-0.15, -0.1) is 0 Å². The number of aromatic nitrogens is 3. The first-order valence-corrected chi connectivity index (χ1v) is 8.19. The van der Waals surface area contributed by atoms with Gasteiger partial charge in [0.1, 0.15) is 0 Å². The van der Waals surface area contributed by atoms with E-state index in [-0.39, 0.29) is 11.5 Å². The molecule has 3 rings (SSSR count). The Hall–Kier alpha value is -2.41. The third kappa shape index (κ3) is 3.73. The molecule has 0 unspecified atom stereocenters. The van der Waals surface area contributed by atoms with E-state index < -0.39 is 0 Å². The molecule has 0 atom stereocenters. The van der Waals surface area contributed by atoms with Gasteiger partial charge in [0.05, 0.1) is 11.8 Å². The maximum atomic E-state index is 12.5. The molecular formula is C17H23N5O2. The lowest BCUT2D eigenvalue weighted by Crippen LogP contribution is -2.35. The summed E-state index contributed by atoms with van der Waals surface area (Å²) in [6, 6.07) is 3.66. The number of rotatable bonds is 3. The predicted octanol–water partition coefficient (Wildman–Crippen LogP) is 0.467. The van der Waals surface area contributed by atoms with E-state index >= 15 is 0 Å². The fraction of sp³-hybridized carbons (Fsp3) is 0.471. The molecule has 7 nitrogen and oxygen atoms in total. The Balaban J connectivity index is 1.61. The predicted molar refractivity (Wildman–Crippen MR) is 90.7 cm³/mol. The van der Waals surface area contributed by atoms with Gasteiger partial charge in [0, 0.05) is 65.3 Å². The van der Waals surface area contributed by atoms with E-state index in [1.54, 1.807) is 41.0 Å². The molecule has 0 radical (unpaired) electrons. The molecule has 1 aliphatic rings. The van der Waals surface area contributed by atoms with Crippen LogP contribution in [-0.4, -0.2) is 56.2 Å². The Morgan fingerprint density at radius 1 is 1.21 bits per heavy atom. The summed E-state index contributed by atoms with van der Waals surface area (Å²) in [5, 5.41) is 4.07. The number of carbonyl (C=O) groups excluding carboxylic acids is 1. The highest BCUT2D eigenvalue weighted by atomic mass is 16.2. The molecule has 0 N–H and O–H groups in total. The van der Waals surface area contributed by atoms with Crippen molar-refractivity contribution in [3.05, 3.63) is 52.2 Å². The third-order valence-corrected chi connectivity index (χ3v) is 4.40. The van der Waals surface area contributed by atoms with Crippen molar-refractivity contribution in [2.45, 2.75) is 13.0 Å². The molecule has 2 aromatic heterocycles. The zero-order valence-corrected chi connectivity index (χ0v) is 14.2. The number of nitrogens with zero attached hydrogens (tertiary/aromatic N) is 5. The molecule has 0 saturated carbocycles. The highest BCUT2D eigenvalue weighted by Crippen LogP contribution is 2.11. The average molecular weight is 329 g/mol. The Kier molecular flexibility index (Phi) is 4.80. The summed E-state index contributed by atoms with van der Waals surface area (Å²) in [5.74, 6) is 0.0403. The van der Waals surface area contributed by atoms with Gasteiger partial charge in [0.2, 0.25) is 0 Å². The Morgan fingerprint density at radius 3 is 2.75 bits per heavy atom. The summed E-state index contributed by atoms with van der Waals surface area (Å²) in [6.45, 7) is 3.91. The first kappa shape index (κ1) is 16.4. The molecule has 2 aromatic rings. The van der Waals surface area contributed by atoms with Crippen molar-refractivity contribution in [2.75, 3.05) is 26.2 Å². The largest absolute Gasteiger partial charge is 0.337 e. The lowest BCUT2D eigenvalue weighted by molar-refractivity contribution is 0.0761. The molecule has 1 saturated heterocycles. The standard InChI is InChI=1S/C17H23N5O2/c1-19-7-4-14(10-16(19)23)12-21-5-3-6-22(9-8-21)17(24)15-11-18-20(2)13-15/h4,7,10-11,13H,3,5-6,8-9,12H2,1-2H3. The van der Waals surface area contributed by atoms with Gasteiger partial charge in [-0.25, -0.2) is 0 Å². The van der Waals surface area contributed by atoms with Crippen molar-refractivity contribution >= 4 is 5.91 Å². The van der Waals surface area contributed by atoms with Crippen LogP contribution in [0.3, 0.4) is 0 Å². The zero-order valence-electron chi connectivity index (χ0n) is 14.2. The molecule has 128 valence electrons. The fourth-order valence-corrected chi connectivity index (χ4v) is 2.99. The van der Waals surface area contributed by atoms with Crippen LogP contribution in [0.15, 0.2) is 35.5 Å². The molecule has 0 bridgehead atoms. The molecule has 0 aliphatic carbocycles. The Labute approximate surface area is 141 Å². The van der Waals surface area contributed by atoms with Gasteiger partial charge < -0.3 is 9.47 Å². The minimum absolute atomic E-state index is 0.00991. The van der Waals surface area contributed by atoms with E-state index in [0.717, 1.165) is 38.2 Å². The first-order chi connectivity index (χ1) is 11.5. The molecule has 7 heteroatoms. The number of aryl methyl sites for hydroxylation is 2. The quantitative estimate of drug-likeness (QED) is 0.821. The van der Waals surface area contributed by atoms with Gasteiger partial charge in [-0.05, 0) is 18.1 Å². The number of amides is 1. The van der Waals surface area contributed by atoms with Crippen LogP contribution < -0.4 is 5.56 Å². The smallest absolute Gasteiger partial charge is 0.257 e. The van der Waals surface area contributed by atoms with Crippen LogP contribution in [0.2, 0.25) is 0 Å². The van der Waals surface area contributed by atoms with Crippen molar-refractivity contribution < 1.29 is 4.79 Å². The van der Waals surface area contributed by atoms with Crippen LogP contribution in [-0.2, 0) is 20.6 Å². The molecular weight excluding hydrogens is 306 g/mol. The van der Waals surface area contributed by atoms with Crippen LogP contribution >= 0.6 is 0 Å². The summed E-state index contributed by atoms with van der Waals surface area (Å²) in [4.78, 5) is 28.4. The molecule has 1 fully saturated rings. The summed E-state index contributed by atoms with van der Waals surface area (Å²) < 4.78 is 3.22. The minimum atomic E-state index is 0.00991. The first-order valence-electron chi connectivity index (χ1n) is 8.19. The van der Waals surface area contributed by atoms with Crippen LogP contribution in [0.4, 0.5) is 0 Å². The van der Waals surface area contributed by atoms with Gasteiger partial charge in [-0.1, -0.05) is 0 Å². The van der Waals surface area contributed by atoms with E-state index in [4.69, 9.17) is 0 Å². The monoisotopic (exact) mass is 329 g/mol. The second-order valence-electron chi connectivity index (χ2n) is 6.31. The van der Waals surface area contributed by atoms with E-state index in [9.17, 15) is 9.59 Å². The number of hydrogen-bond donors (Lipinski definition) is 0. The van der Waals surface area contributed by atoms with E-state index in [1.165, 1.54) is 0 Å². The molecule has 24 heavy (non-hydrogen) atoms. The number of carbonyl (C=O) groups is 1. The molecule has 0 aromatic carbocycles. The normalized spacial score (nSPS) is 16.2. The Bertz CT molecular complexity index is 779. The lowest BCUT2D eigenvalue weighted by atomic mass is 10.2. The topological polar surface area (TPSA) is 63.4 Å². The molecule has 0 spiro atoms. The second kappa shape index (κ2) is 7.00. The summed E-state index contributed by atoms with van der Waals surface area (Å²) in [7, 11) is 3.56. The van der Waals surface area contributed by atoms with Crippen molar-refractivity contribution in [1.82, 2.24) is 24.1 Å². The van der Waals surface area contributed by atoms with E-state index in [0.29, 0.717) is 12.1 Å². The van der Waals surface area contributed by atoms with Crippen molar-refractivity contribution in [3.63, 3.8) is 0 Å². The number of hydrogen-bond acceptors (Lipinski definition) is 4. The third-order valence-electron chi connectivity index (χ3n) is 4.40. The van der Waals surface area contributed by atoms with Crippen LogP contribution in [0.1, 0.15) is 22.3 Å². The molecule has 1 aliphatic heterocycles. The fourth-order valence-electron chi connectivity index (χ4n) is 2.99. The average Bonchev–Trinajstić information content (AvgIpc) is 2.86. The number of pyridine rings is 1. The van der Waals surface area contributed by atoms with Crippen molar-refractivity contribution in [2.24, 2.45) is 14.1 Å². The van der Waals surface area contributed by atoms with Gasteiger partial charge >= 0.3 is 0 Å². The van der Waals surface area contributed by atoms with Crippen LogP contribution in [0, 0.1) is 0 Å². The maximum absolute atomic E-state index is 12.5. The second-order valence-corrected chi connectivity index (χ2v) is 6.31. The van der Waals surface area contributed by atoms with E-state index in [2.05, 4.69) is 10.00 Å². The summed E-state index contributed by atoms with van der Waals surface area (Å²) in [6.07, 6.45) is 6.10. The Morgan fingerprint density at radius 2 is 2.04 bits per heavy atom.